The topological polar surface area (TPSA) is 60.1 Å². The van der Waals surface area contributed by atoms with Crippen LogP contribution in [-0.2, 0) is 0 Å². The summed E-state index contributed by atoms with van der Waals surface area (Å²) in [5.41, 5.74) is 3.36. The second-order valence-corrected chi connectivity index (χ2v) is 4.33. The van der Waals surface area contributed by atoms with Crippen molar-refractivity contribution in [3.8, 4) is 5.69 Å². The summed E-state index contributed by atoms with van der Waals surface area (Å²) >= 11 is 0. The predicted octanol–water partition coefficient (Wildman–Crippen LogP) is 1.99. The number of pyridine rings is 1. The van der Waals surface area contributed by atoms with Crippen LogP contribution in [0, 0.1) is 0 Å². The van der Waals surface area contributed by atoms with Gasteiger partial charge < -0.3 is 0 Å². The predicted molar refractivity (Wildman–Crippen MR) is 70.8 cm³/mol. The highest BCUT2D eigenvalue weighted by Gasteiger charge is 2.16. The number of hydrogen-bond acceptors (Lipinski definition) is 3. The number of nitrogens with zero attached hydrogens (tertiary/aromatic N) is 4. The Bertz CT molecular complexity index is 848. The summed E-state index contributed by atoms with van der Waals surface area (Å²) in [6.45, 7) is 0. The molecule has 5 nitrogen and oxygen atoms in total. The number of carbonyl (C=O) groups excluding carboxylic acids is 1. The first-order valence-electron chi connectivity index (χ1n) is 5.83. The fourth-order valence-electron chi connectivity index (χ4n) is 2.26. The van der Waals surface area contributed by atoms with E-state index in [4.69, 9.17) is 0 Å². The standard InChI is InChI=1S/C14H8N4O/c19-14-12-2-1-11(5-9(12)7-16-14)18-13-3-4-15-6-10(13)8-17-18/h1-8H. The molecule has 4 rings (SSSR count). The zero-order chi connectivity index (χ0) is 12.8. The Hall–Kier alpha value is -2.82. The number of carbonyl (C=O) groups is 1. The molecule has 0 radical (unpaired) electrons. The summed E-state index contributed by atoms with van der Waals surface area (Å²) in [6.07, 6.45) is 6.87. The number of hydrogen-bond donors (Lipinski definition) is 0. The molecule has 1 aliphatic rings. The lowest BCUT2D eigenvalue weighted by Gasteiger charge is -2.05. The van der Waals surface area contributed by atoms with Gasteiger partial charge in [-0.2, -0.15) is 5.10 Å². The highest BCUT2D eigenvalue weighted by atomic mass is 16.1. The molecule has 0 atom stereocenters. The van der Waals surface area contributed by atoms with Gasteiger partial charge in [0.15, 0.2) is 0 Å². The highest BCUT2D eigenvalue weighted by molar-refractivity contribution is 6.13. The molecule has 1 aliphatic heterocycles. The fraction of sp³-hybridized carbons (Fsp3) is 0. The Morgan fingerprint density at radius 3 is 3.00 bits per heavy atom. The molecule has 90 valence electrons. The first-order chi connectivity index (χ1) is 9.33. The van der Waals surface area contributed by atoms with E-state index in [1.54, 1.807) is 30.9 Å². The van der Waals surface area contributed by atoms with E-state index in [1.165, 1.54) is 0 Å². The molecule has 1 aromatic carbocycles. The van der Waals surface area contributed by atoms with Gasteiger partial charge >= 0.3 is 0 Å². The minimum absolute atomic E-state index is 0.184. The summed E-state index contributed by atoms with van der Waals surface area (Å²) in [5, 5.41) is 5.34. The average molecular weight is 248 g/mol. The van der Waals surface area contributed by atoms with E-state index in [9.17, 15) is 4.79 Å². The van der Waals surface area contributed by atoms with Crippen molar-refractivity contribution >= 4 is 23.0 Å². The molecular weight excluding hydrogens is 240 g/mol. The fourth-order valence-corrected chi connectivity index (χ4v) is 2.26. The third kappa shape index (κ3) is 1.41. The van der Waals surface area contributed by atoms with E-state index >= 15 is 0 Å². The van der Waals surface area contributed by atoms with Crippen molar-refractivity contribution in [2.24, 2.45) is 4.99 Å². The number of fused-ring (bicyclic) bond motifs is 2. The monoisotopic (exact) mass is 248 g/mol. The van der Waals surface area contributed by atoms with Gasteiger partial charge in [-0.25, -0.2) is 9.67 Å². The van der Waals surface area contributed by atoms with Gasteiger partial charge in [0, 0.05) is 29.6 Å². The maximum absolute atomic E-state index is 11.4. The molecule has 0 N–H and O–H groups in total. The van der Waals surface area contributed by atoms with Crippen molar-refractivity contribution in [3.05, 3.63) is 54.0 Å². The molecule has 0 bridgehead atoms. The Kier molecular flexibility index (Phi) is 1.91. The van der Waals surface area contributed by atoms with Crippen molar-refractivity contribution in [1.29, 1.82) is 0 Å². The quantitative estimate of drug-likeness (QED) is 0.661. The summed E-state index contributed by atoms with van der Waals surface area (Å²) < 4.78 is 1.83. The second-order valence-electron chi connectivity index (χ2n) is 4.33. The van der Waals surface area contributed by atoms with Crippen LogP contribution in [0.15, 0.2) is 47.8 Å². The van der Waals surface area contributed by atoms with Crippen LogP contribution in [0.25, 0.3) is 16.6 Å². The van der Waals surface area contributed by atoms with E-state index < -0.39 is 0 Å². The highest BCUT2D eigenvalue weighted by Crippen LogP contribution is 2.21. The van der Waals surface area contributed by atoms with Crippen LogP contribution in [0.3, 0.4) is 0 Å². The SMILES string of the molecule is O=C1N=Cc2cc(-n3ncc4cnccc43)ccc21. The number of benzene rings is 1. The average Bonchev–Trinajstić information content (AvgIpc) is 3.03. The lowest BCUT2D eigenvalue weighted by atomic mass is 10.1. The normalized spacial score (nSPS) is 13.2. The summed E-state index contributed by atoms with van der Waals surface area (Å²) in [4.78, 5) is 19.3. The lowest BCUT2D eigenvalue weighted by Crippen LogP contribution is -1.99. The second kappa shape index (κ2) is 3.58. The number of aliphatic imine (C=N–C) groups is 1. The molecule has 5 heteroatoms. The lowest BCUT2D eigenvalue weighted by molar-refractivity contribution is 0.101. The third-order valence-corrected chi connectivity index (χ3v) is 3.20. The molecule has 19 heavy (non-hydrogen) atoms. The van der Waals surface area contributed by atoms with Crippen molar-refractivity contribution in [2.45, 2.75) is 0 Å². The largest absolute Gasteiger partial charge is 0.277 e. The van der Waals surface area contributed by atoms with Crippen LogP contribution in [0.5, 0.6) is 0 Å². The maximum atomic E-state index is 11.4. The first kappa shape index (κ1) is 10.1. The van der Waals surface area contributed by atoms with Gasteiger partial charge in [-0.05, 0) is 24.3 Å². The summed E-state index contributed by atoms with van der Waals surface area (Å²) in [7, 11) is 0. The molecule has 0 fully saturated rings. The molecule has 0 saturated heterocycles. The molecule has 2 aromatic heterocycles. The maximum Gasteiger partial charge on any atom is 0.277 e. The smallest absolute Gasteiger partial charge is 0.267 e. The number of rotatable bonds is 1. The molecule has 0 unspecified atom stereocenters. The van der Waals surface area contributed by atoms with E-state index in [0.717, 1.165) is 22.2 Å². The van der Waals surface area contributed by atoms with E-state index in [0.29, 0.717) is 5.56 Å². The Labute approximate surface area is 108 Å². The Balaban J connectivity index is 1.94. The Morgan fingerprint density at radius 2 is 2.05 bits per heavy atom. The van der Waals surface area contributed by atoms with Gasteiger partial charge in [0.2, 0.25) is 0 Å². The van der Waals surface area contributed by atoms with Crippen molar-refractivity contribution in [1.82, 2.24) is 14.8 Å². The van der Waals surface area contributed by atoms with Gasteiger partial charge in [-0.15, -0.1) is 0 Å². The van der Waals surface area contributed by atoms with Gasteiger partial charge in [-0.1, -0.05) is 0 Å². The van der Waals surface area contributed by atoms with Gasteiger partial charge in [0.25, 0.3) is 5.91 Å². The van der Waals surface area contributed by atoms with E-state index in [1.807, 2.05) is 22.9 Å². The summed E-state index contributed by atoms with van der Waals surface area (Å²) in [5.74, 6) is -0.184. The number of aromatic nitrogens is 3. The zero-order valence-corrected chi connectivity index (χ0v) is 9.82. The van der Waals surface area contributed by atoms with Crippen molar-refractivity contribution < 1.29 is 4.79 Å². The van der Waals surface area contributed by atoms with Crippen molar-refractivity contribution in [3.63, 3.8) is 0 Å². The van der Waals surface area contributed by atoms with Gasteiger partial charge in [0.1, 0.15) is 0 Å². The Morgan fingerprint density at radius 1 is 1.11 bits per heavy atom. The van der Waals surface area contributed by atoms with Crippen LogP contribution in [0.2, 0.25) is 0 Å². The molecule has 1 amide bonds. The summed E-state index contributed by atoms with van der Waals surface area (Å²) in [6, 6.07) is 7.48. The molecular formula is C14H8N4O. The van der Waals surface area contributed by atoms with E-state index in [2.05, 4.69) is 15.1 Å². The van der Waals surface area contributed by atoms with Crippen LogP contribution in [-0.4, -0.2) is 26.9 Å². The molecule has 3 aromatic rings. The van der Waals surface area contributed by atoms with Crippen LogP contribution in [0.4, 0.5) is 0 Å². The van der Waals surface area contributed by atoms with Gasteiger partial charge in [-0.3, -0.25) is 9.78 Å². The first-order valence-corrected chi connectivity index (χ1v) is 5.83. The number of amides is 1. The molecule has 0 aliphatic carbocycles. The van der Waals surface area contributed by atoms with Crippen LogP contribution < -0.4 is 0 Å². The van der Waals surface area contributed by atoms with E-state index in [-0.39, 0.29) is 5.91 Å². The zero-order valence-electron chi connectivity index (χ0n) is 9.82. The third-order valence-electron chi connectivity index (χ3n) is 3.20. The minimum atomic E-state index is -0.184. The van der Waals surface area contributed by atoms with Crippen LogP contribution in [0.1, 0.15) is 15.9 Å². The van der Waals surface area contributed by atoms with Crippen molar-refractivity contribution in [2.75, 3.05) is 0 Å². The minimum Gasteiger partial charge on any atom is -0.267 e. The van der Waals surface area contributed by atoms with Gasteiger partial charge in [0.05, 0.1) is 23.0 Å². The van der Waals surface area contributed by atoms with Crippen LogP contribution >= 0.6 is 0 Å². The molecule has 0 saturated carbocycles. The molecule has 0 spiro atoms. The molecule has 3 heterocycles.